The number of benzene rings is 1. The Hall–Kier alpha value is -1.06. The van der Waals surface area contributed by atoms with Crippen LogP contribution in [0.2, 0.25) is 0 Å². The molecule has 0 unspecified atom stereocenters. The number of ether oxygens (including phenoxy) is 1. The van der Waals surface area contributed by atoms with Crippen LogP contribution in [0.15, 0.2) is 18.2 Å². The minimum absolute atomic E-state index is 0.437. The molecule has 0 aromatic heterocycles. The average Bonchev–Trinajstić information content (AvgIpc) is 2.44. The van der Waals surface area contributed by atoms with Crippen molar-refractivity contribution < 1.29 is 4.74 Å². The minimum Gasteiger partial charge on any atom is -0.383 e. The van der Waals surface area contributed by atoms with Crippen LogP contribution >= 0.6 is 0 Å². The highest BCUT2D eigenvalue weighted by Gasteiger charge is 2.26. The van der Waals surface area contributed by atoms with Crippen molar-refractivity contribution >= 4 is 5.69 Å². The third-order valence-electron chi connectivity index (χ3n) is 4.39. The number of methoxy groups -OCH3 is 1. The number of hydrogen-bond donors (Lipinski definition) is 1. The molecular weight excluding hydrogens is 260 g/mol. The van der Waals surface area contributed by atoms with Crippen LogP contribution in [0, 0.1) is 12.3 Å². The van der Waals surface area contributed by atoms with E-state index in [4.69, 9.17) is 4.74 Å². The lowest BCUT2D eigenvalue weighted by Crippen LogP contribution is -2.40. The van der Waals surface area contributed by atoms with Crippen molar-refractivity contribution in [2.24, 2.45) is 5.41 Å². The van der Waals surface area contributed by atoms with Crippen LogP contribution in [0.3, 0.4) is 0 Å². The monoisotopic (exact) mass is 290 g/mol. The molecule has 118 valence electrons. The van der Waals surface area contributed by atoms with Crippen LogP contribution in [-0.2, 0) is 11.3 Å². The molecule has 0 atom stereocenters. The Morgan fingerprint density at radius 2 is 2.14 bits per heavy atom. The molecule has 2 rings (SSSR count). The Bertz CT molecular complexity index is 457. The van der Waals surface area contributed by atoms with E-state index >= 15 is 0 Å². The molecule has 1 N–H and O–H groups in total. The lowest BCUT2D eigenvalue weighted by Gasteiger charge is -2.39. The van der Waals surface area contributed by atoms with Crippen LogP contribution in [0.1, 0.15) is 37.8 Å². The molecule has 21 heavy (non-hydrogen) atoms. The summed E-state index contributed by atoms with van der Waals surface area (Å²) in [5.74, 6) is 0. The van der Waals surface area contributed by atoms with Crippen molar-refractivity contribution in [3.05, 3.63) is 29.3 Å². The second-order valence-electron chi connectivity index (χ2n) is 6.97. The van der Waals surface area contributed by atoms with E-state index in [0.29, 0.717) is 5.41 Å². The molecule has 0 aliphatic carbocycles. The van der Waals surface area contributed by atoms with E-state index in [1.807, 2.05) is 0 Å². The number of rotatable bonds is 6. The van der Waals surface area contributed by atoms with Gasteiger partial charge in [-0.05, 0) is 48.4 Å². The number of nitrogens with one attached hydrogen (secondary N) is 1. The SMILES string of the molecule is COCCNCc1ccc(N2CCCC(C)(C)C2)cc1C. The average molecular weight is 290 g/mol. The summed E-state index contributed by atoms with van der Waals surface area (Å²) >= 11 is 0. The molecule has 1 aromatic carbocycles. The van der Waals surface area contributed by atoms with Crippen molar-refractivity contribution in [1.82, 2.24) is 5.32 Å². The summed E-state index contributed by atoms with van der Waals surface area (Å²) in [6.07, 6.45) is 2.64. The summed E-state index contributed by atoms with van der Waals surface area (Å²) < 4.78 is 5.06. The molecule has 0 bridgehead atoms. The maximum absolute atomic E-state index is 5.06. The molecule has 0 spiro atoms. The number of hydrogen-bond acceptors (Lipinski definition) is 3. The third-order valence-corrected chi connectivity index (χ3v) is 4.39. The van der Waals surface area contributed by atoms with Crippen LogP contribution in [-0.4, -0.2) is 33.4 Å². The molecule has 1 saturated heterocycles. The second-order valence-corrected chi connectivity index (χ2v) is 6.97. The van der Waals surface area contributed by atoms with Crippen molar-refractivity contribution in [2.45, 2.75) is 40.2 Å². The molecule has 3 heteroatoms. The fraction of sp³-hybridized carbons (Fsp3) is 0.667. The van der Waals surface area contributed by atoms with Gasteiger partial charge in [0.2, 0.25) is 0 Å². The summed E-state index contributed by atoms with van der Waals surface area (Å²) in [7, 11) is 1.74. The molecule has 1 aromatic rings. The predicted molar refractivity (Wildman–Crippen MR) is 90.0 cm³/mol. The van der Waals surface area contributed by atoms with Gasteiger partial charge in [-0.1, -0.05) is 19.9 Å². The first-order valence-corrected chi connectivity index (χ1v) is 8.06. The highest BCUT2D eigenvalue weighted by Crippen LogP contribution is 2.32. The molecule has 0 radical (unpaired) electrons. The highest BCUT2D eigenvalue weighted by atomic mass is 16.5. The summed E-state index contributed by atoms with van der Waals surface area (Å²) in [5, 5.41) is 3.42. The van der Waals surface area contributed by atoms with Crippen LogP contribution in [0.4, 0.5) is 5.69 Å². The summed E-state index contributed by atoms with van der Waals surface area (Å²) in [6, 6.07) is 6.89. The third kappa shape index (κ3) is 4.72. The maximum atomic E-state index is 5.06. The van der Waals surface area contributed by atoms with E-state index < -0.39 is 0 Å². The van der Waals surface area contributed by atoms with Crippen molar-refractivity contribution in [3.63, 3.8) is 0 Å². The lowest BCUT2D eigenvalue weighted by atomic mass is 9.84. The largest absolute Gasteiger partial charge is 0.383 e. The first kappa shape index (κ1) is 16.3. The van der Waals surface area contributed by atoms with Crippen molar-refractivity contribution in [3.8, 4) is 0 Å². The zero-order valence-corrected chi connectivity index (χ0v) is 14.0. The summed E-state index contributed by atoms with van der Waals surface area (Å²) in [5.41, 5.74) is 4.57. The zero-order valence-electron chi connectivity index (χ0n) is 14.0. The van der Waals surface area contributed by atoms with Gasteiger partial charge in [-0.15, -0.1) is 0 Å². The summed E-state index contributed by atoms with van der Waals surface area (Å²) in [4.78, 5) is 2.54. The molecule has 1 fully saturated rings. The van der Waals surface area contributed by atoms with E-state index in [2.05, 4.69) is 49.2 Å². The van der Waals surface area contributed by atoms with Crippen molar-refractivity contribution in [2.75, 3.05) is 38.3 Å². The van der Waals surface area contributed by atoms with Gasteiger partial charge >= 0.3 is 0 Å². The predicted octanol–water partition coefficient (Wildman–Crippen LogP) is 3.36. The first-order chi connectivity index (χ1) is 10.0. The second kappa shape index (κ2) is 7.28. The van der Waals surface area contributed by atoms with Gasteiger partial charge in [-0.25, -0.2) is 0 Å². The smallest absolute Gasteiger partial charge is 0.0587 e. The molecule has 1 aliphatic heterocycles. The Balaban J connectivity index is 1.98. The fourth-order valence-corrected chi connectivity index (χ4v) is 3.12. The molecule has 0 saturated carbocycles. The standard InChI is InChI=1S/C18H30N2O/c1-15-12-17(20-10-5-8-18(2,3)14-20)7-6-16(15)13-19-9-11-21-4/h6-7,12,19H,5,8-11,13-14H2,1-4H3. The molecule has 1 aliphatic rings. The van der Waals surface area contributed by atoms with Gasteiger partial charge in [0.15, 0.2) is 0 Å². The van der Waals surface area contributed by atoms with Gasteiger partial charge < -0.3 is 15.0 Å². The van der Waals surface area contributed by atoms with Crippen LogP contribution in [0.5, 0.6) is 0 Å². The van der Waals surface area contributed by atoms with E-state index in [1.165, 1.54) is 36.2 Å². The van der Waals surface area contributed by atoms with Gasteiger partial charge in [0, 0.05) is 39.0 Å². The van der Waals surface area contributed by atoms with Crippen LogP contribution < -0.4 is 10.2 Å². The Morgan fingerprint density at radius 3 is 2.81 bits per heavy atom. The van der Waals surface area contributed by atoms with E-state index in [9.17, 15) is 0 Å². The van der Waals surface area contributed by atoms with Gasteiger partial charge in [0.25, 0.3) is 0 Å². The van der Waals surface area contributed by atoms with Gasteiger partial charge in [-0.3, -0.25) is 0 Å². The molecule has 1 heterocycles. The van der Waals surface area contributed by atoms with Gasteiger partial charge in [0.05, 0.1) is 6.61 Å². The fourth-order valence-electron chi connectivity index (χ4n) is 3.12. The van der Waals surface area contributed by atoms with Gasteiger partial charge in [-0.2, -0.15) is 0 Å². The number of piperidine rings is 1. The molecule has 3 nitrogen and oxygen atoms in total. The summed E-state index contributed by atoms with van der Waals surface area (Å²) in [6.45, 7) is 11.9. The zero-order chi connectivity index (χ0) is 15.3. The highest BCUT2D eigenvalue weighted by molar-refractivity contribution is 5.51. The number of anilines is 1. The van der Waals surface area contributed by atoms with Crippen molar-refractivity contribution in [1.29, 1.82) is 0 Å². The normalized spacial score (nSPS) is 18.0. The van der Waals surface area contributed by atoms with E-state index in [-0.39, 0.29) is 0 Å². The topological polar surface area (TPSA) is 24.5 Å². The van der Waals surface area contributed by atoms with E-state index in [0.717, 1.165) is 26.2 Å². The van der Waals surface area contributed by atoms with Crippen LogP contribution in [0.25, 0.3) is 0 Å². The molecule has 0 amide bonds. The number of nitrogens with zero attached hydrogens (tertiary/aromatic N) is 1. The minimum atomic E-state index is 0.437. The Morgan fingerprint density at radius 1 is 1.33 bits per heavy atom. The first-order valence-electron chi connectivity index (χ1n) is 8.06. The Kier molecular flexibility index (Phi) is 5.65. The maximum Gasteiger partial charge on any atom is 0.0587 e. The number of aryl methyl sites for hydroxylation is 1. The lowest BCUT2D eigenvalue weighted by molar-refractivity contribution is 0.199. The molecular formula is C18H30N2O. The Labute approximate surface area is 129 Å². The quantitative estimate of drug-likeness (QED) is 0.813. The van der Waals surface area contributed by atoms with E-state index in [1.54, 1.807) is 7.11 Å². The van der Waals surface area contributed by atoms with Gasteiger partial charge in [0.1, 0.15) is 0 Å².